The number of alkyl halides is 3. The normalized spacial score (nSPS) is 11.4. The highest BCUT2D eigenvalue weighted by Gasteiger charge is 2.31. The molecule has 0 aliphatic carbocycles. The molecule has 0 saturated heterocycles. The molecule has 3 rings (SSSR count). The molecule has 0 fully saturated rings. The average Bonchev–Trinajstić information content (AvgIpc) is 3.16. The minimum absolute atomic E-state index is 0.0630. The van der Waals surface area contributed by atoms with E-state index >= 15 is 0 Å². The van der Waals surface area contributed by atoms with Gasteiger partial charge in [-0.05, 0) is 49.4 Å². The molecule has 6 nitrogen and oxygen atoms in total. The van der Waals surface area contributed by atoms with Crippen LogP contribution in [0.25, 0.3) is 17.1 Å². The van der Waals surface area contributed by atoms with Crippen LogP contribution in [-0.2, 0) is 11.0 Å². The third-order valence-electron chi connectivity index (χ3n) is 4.12. The number of ether oxygens (including phenoxy) is 1. The summed E-state index contributed by atoms with van der Waals surface area (Å²) >= 11 is 1.10. The highest BCUT2D eigenvalue weighted by atomic mass is 32.2. The fourth-order valence-electron chi connectivity index (χ4n) is 2.72. The van der Waals surface area contributed by atoms with E-state index in [1.165, 1.54) is 17.7 Å². The molecule has 1 aromatic heterocycles. The maximum Gasteiger partial charge on any atom is 0.416 e. The lowest BCUT2D eigenvalue weighted by Gasteiger charge is -2.13. The van der Waals surface area contributed by atoms with Gasteiger partial charge in [0.1, 0.15) is 5.75 Å². The van der Waals surface area contributed by atoms with Gasteiger partial charge in [-0.15, -0.1) is 10.2 Å². The second kappa shape index (κ2) is 9.21. The third kappa shape index (κ3) is 4.93. The van der Waals surface area contributed by atoms with Crippen LogP contribution in [0, 0.1) is 0 Å². The topological polar surface area (TPSA) is 69.0 Å². The second-order valence-electron chi connectivity index (χ2n) is 6.16. The number of nitrogens with zero attached hydrogens (tertiary/aromatic N) is 3. The van der Waals surface area contributed by atoms with Gasteiger partial charge >= 0.3 is 6.18 Å². The smallest absolute Gasteiger partial charge is 0.416 e. The van der Waals surface area contributed by atoms with Gasteiger partial charge in [0, 0.05) is 12.1 Å². The molecule has 0 atom stereocenters. The highest BCUT2D eigenvalue weighted by Crippen LogP contribution is 2.33. The molecule has 3 aromatic rings. The molecule has 1 heterocycles. The number of carbonyl (C=O) groups is 1. The van der Waals surface area contributed by atoms with Crippen molar-refractivity contribution in [3.8, 4) is 22.8 Å². The number of rotatable bonds is 7. The summed E-state index contributed by atoms with van der Waals surface area (Å²) in [5, 5.41) is 11.3. The van der Waals surface area contributed by atoms with Crippen molar-refractivity contribution in [2.75, 3.05) is 19.4 Å². The number of halogens is 3. The first kappa shape index (κ1) is 21.7. The molecule has 0 spiro atoms. The zero-order valence-corrected chi connectivity index (χ0v) is 17.0. The van der Waals surface area contributed by atoms with E-state index in [9.17, 15) is 18.0 Å². The van der Waals surface area contributed by atoms with Gasteiger partial charge in [-0.2, -0.15) is 13.2 Å². The maximum absolute atomic E-state index is 13.2. The number of benzene rings is 2. The van der Waals surface area contributed by atoms with Gasteiger partial charge in [-0.1, -0.05) is 17.8 Å². The molecule has 0 saturated carbocycles. The molecule has 1 amide bonds. The van der Waals surface area contributed by atoms with E-state index < -0.39 is 11.7 Å². The molecular formula is C20H19F3N4O2S. The molecule has 2 aromatic carbocycles. The fourth-order valence-corrected chi connectivity index (χ4v) is 3.50. The van der Waals surface area contributed by atoms with E-state index in [2.05, 4.69) is 15.5 Å². The first-order valence-corrected chi connectivity index (χ1v) is 9.99. The summed E-state index contributed by atoms with van der Waals surface area (Å²) in [7, 11) is 1.54. The van der Waals surface area contributed by atoms with Gasteiger partial charge in [-0.25, -0.2) is 0 Å². The van der Waals surface area contributed by atoms with E-state index in [1.54, 1.807) is 37.3 Å². The Labute approximate surface area is 175 Å². The third-order valence-corrected chi connectivity index (χ3v) is 5.05. The molecule has 10 heteroatoms. The number of carbonyl (C=O) groups excluding carboxylic acids is 1. The lowest BCUT2D eigenvalue weighted by atomic mass is 10.1. The summed E-state index contributed by atoms with van der Waals surface area (Å²) in [6.07, 6.45) is -4.49. The van der Waals surface area contributed by atoms with E-state index in [-0.39, 0.29) is 17.3 Å². The van der Waals surface area contributed by atoms with Crippen molar-refractivity contribution in [2.24, 2.45) is 0 Å². The summed E-state index contributed by atoms with van der Waals surface area (Å²) in [6.45, 7) is 2.28. The van der Waals surface area contributed by atoms with Crippen molar-refractivity contribution in [2.45, 2.75) is 18.3 Å². The number of nitrogens with one attached hydrogen (secondary N) is 1. The van der Waals surface area contributed by atoms with Crippen molar-refractivity contribution in [3.05, 3.63) is 54.1 Å². The molecule has 30 heavy (non-hydrogen) atoms. The summed E-state index contributed by atoms with van der Waals surface area (Å²) in [5.74, 6) is 0.852. The van der Waals surface area contributed by atoms with Crippen molar-refractivity contribution >= 4 is 17.7 Å². The van der Waals surface area contributed by atoms with Crippen LogP contribution in [0.2, 0.25) is 0 Å². The van der Waals surface area contributed by atoms with E-state index in [1.807, 2.05) is 0 Å². The Morgan fingerprint density at radius 1 is 1.17 bits per heavy atom. The largest absolute Gasteiger partial charge is 0.497 e. The van der Waals surface area contributed by atoms with E-state index in [0.29, 0.717) is 28.8 Å². The number of aromatic nitrogens is 3. The maximum atomic E-state index is 13.2. The Kier molecular flexibility index (Phi) is 6.66. The highest BCUT2D eigenvalue weighted by molar-refractivity contribution is 7.99. The van der Waals surface area contributed by atoms with E-state index in [4.69, 9.17) is 4.74 Å². The predicted octanol–water partition coefficient (Wildman–Crippen LogP) is 4.19. The van der Waals surface area contributed by atoms with Crippen LogP contribution in [0.4, 0.5) is 13.2 Å². The van der Waals surface area contributed by atoms with Gasteiger partial charge in [-0.3, -0.25) is 9.36 Å². The first-order valence-electron chi connectivity index (χ1n) is 9.00. The molecule has 0 aliphatic rings. The summed E-state index contributed by atoms with van der Waals surface area (Å²) < 4.78 is 46.4. The number of hydrogen-bond acceptors (Lipinski definition) is 5. The van der Waals surface area contributed by atoms with Gasteiger partial charge in [0.05, 0.1) is 24.1 Å². The van der Waals surface area contributed by atoms with Crippen molar-refractivity contribution < 1.29 is 22.7 Å². The minimum atomic E-state index is -4.49. The van der Waals surface area contributed by atoms with Gasteiger partial charge in [0.2, 0.25) is 5.91 Å². The van der Waals surface area contributed by atoms with Crippen LogP contribution < -0.4 is 10.1 Å². The monoisotopic (exact) mass is 436 g/mol. The Morgan fingerprint density at radius 3 is 2.53 bits per heavy atom. The molecule has 158 valence electrons. The van der Waals surface area contributed by atoms with Gasteiger partial charge in [0.25, 0.3) is 0 Å². The molecular weight excluding hydrogens is 417 g/mol. The molecule has 0 aliphatic heterocycles. The SMILES string of the molecule is CCNC(=O)CSc1nnc(-c2ccc(OC)cc2)n1-c1cccc(C(F)(F)F)c1. The molecule has 1 N–H and O–H groups in total. The number of methoxy groups -OCH3 is 1. The van der Waals surface area contributed by atoms with Crippen LogP contribution in [0.1, 0.15) is 12.5 Å². The first-order chi connectivity index (χ1) is 14.3. The lowest BCUT2D eigenvalue weighted by molar-refractivity contribution is -0.137. The summed E-state index contributed by atoms with van der Waals surface area (Å²) in [4.78, 5) is 11.8. The Morgan fingerprint density at radius 2 is 1.90 bits per heavy atom. The zero-order chi connectivity index (χ0) is 21.7. The van der Waals surface area contributed by atoms with E-state index in [0.717, 1.165) is 23.9 Å². The lowest BCUT2D eigenvalue weighted by Crippen LogP contribution is -2.24. The van der Waals surface area contributed by atoms with Crippen LogP contribution >= 0.6 is 11.8 Å². The summed E-state index contributed by atoms with van der Waals surface area (Å²) in [6, 6.07) is 11.8. The predicted molar refractivity (Wildman–Crippen MR) is 108 cm³/mol. The second-order valence-corrected chi connectivity index (χ2v) is 7.10. The van der Waals surface area contributed by atoms with Gasteiger partial charge in [0.15, 0.2) is 11.0 Å². The standard InChI is InChI=1S/C20H19F3N4O2S/c1-3-24-17(28)12-30-19-26-25-18(13-7-9-16(29-2)10-8-13)27(19)15-6-4-5-14(11-15)20(21,22)23/h4-11H,3,12H2,1-2H3,(H,24,28). The number of hydrogen-bond donors (Lipinski definition) is 1. The fraction of sp³-hybridized carbons (Fsp3) is 0.250. The Bertz CT molecular complexity index is 1020. The quantitative estimate of drug-likeness (QED) is 0.563. The zero-order valence-electron chi connectivity index (χ0n) is 16.2. The van der Waals surface area contributed by atoms with Crippen molar-refractivity contribution in [3.63, 3.8) is 0 Å². The van der Waals surface area contributed by atoms with Crippen LogP contribution in [0.15, 0.2) is 53.7 Å². The molecule has 0 bridgehead atoms. The van der Waals surface area contributed by atoms with Crippen LogP contribution in [-0.4, -0.2) is 40.1 Å². The van der Waals surface area contributed by atoms with Gasteiger partial charge < -0.3 is 10.1 Å². The molecule has 0 unspecified atom stereocenters. The number of thioether (sulfide) groups is 1. The van der Waals surface area contributed by atoms with Crippen molar-refractivity contribution in [1.29, 1.82) is 0 Å². The van der Waals surface area contributed by atoms with Crippen LogP contribution in [0.3, 0.4) is 0 Å². The number of amides is 1. The minimum Gasteiger partial charge on any atom is -0.497 e. The Hall–Kier alpha value is -3.01. The van der Waals surface area contributed by atoms with Crippen LogP contribution in [0.5, 0.6) is 5.75 Å². The average molecular weight is 436 g/mol. The summed E-state index contributed by atoms with van der Waals surface area (Å²) in [5.41, 5.74) is 0.110. The Balaban J connectivity index is 2.06. The molecule has 0 radical (unpaired) electrons. The van der Waals surface area contributed by atoms with Crippen molar-refractivity contribution in [1.82, 2.24) is 20.1 Å².